The molecule has 5 nitrogen and oxygen atoms in total. The second-order valence-corrected chi connectivity index (χ2v) is 6.50. The molecule has 0 aliphatic heterocycles. The number of fused-ring (bicyclic) bond motifs is 1. The molecule has 6 heteroatoms. The normalized spacial score (nSPS) is 15.4. The van der Waals surface area contributed by atoms with Gasteiger partial charge in [-0.05, 0) is 44.4 Å². The van der Waals surface area contributed by atoms with Crippen molar-refractivity contribution >= 4 is 23.6 Å². The maximum absolute atomic E-state index is 5.26. The van der Waals surface area contributed by atoms with Gasteiger partial charge in [-0.25, -0.2) is 14.6 Å². The molecule has 3 aromatic heterocycles. The molecule has 0 radical (unpaired) electrons. The van der Waals surface area contributed by atoms with Crippen LogP contribution in [0.5, 0.6) is 0 Å². The van der Waals surface area contributed by atoms with Crippen LogP contribution in [0.3, 0.4) is 0 Å². The molecule has 3 heterocycles. The zero-order valence-corrected chi connectivity index (χ0v) is 14.9. The third-order valence-corrected chi connectivity index (χ3v) is 4.63. The maximum Gasteiger partial charge on any atom is 0.179 e. The quantitative estimate of drug-likeness (QED) is 0.752. The molecular weight excluding hydrogens is 324 g/mol. The minimum atomic E-state index is 0. The summed E-state index contributed by atoms with van der Waals surface area (Å²) in [6.45, 7) is 4.12. The summed E-state index contributed by atoms with van der Waals surface area (Å²) in [6, 6.07) is 4.51. The Morgan fingerprint density at radius 3 is 2.67 bits per heavy atom. The Kier molecular flexibility index (Phi) is 4.81. The molecule has 4 rings (SSSR count). The van der Waals surface area contributed by atoms with Crippen LogP contribution < -0.4 is 5.43 Å². The summed E-state index contributed by atoms with van der Waals surface area (Å²) >= 11 is 0. The second kappa shape index (κ2) is 6.85. The molecule has 0 saturated heterocycles. The van der Waals surface area contributed by atoms with Gasteiger partial charge in [-0.1, -0.05) is 19.3 Å². The van der Waals surface area contributed by atoms with E-state index in [0.717, 1.165) is 33.8 Å². The first-order valence-electron chi connectivity index (χ1n) is 8.38. The number of nitrogens with zero attached hydrogens (tertiary/aromatic N) is 3. The third kappa shape index (κ3) is 3.00. The first-order valence-corrected chi connectivity index (χ1v) is 8.38. The number of aryl methyl sites for hydroxylation is 2. The molecule has 1 N–H and O–H groups in total. The highest BCUT2D eigenvalue weighted by Gasteiger charge is 2.20. The van der Waals surface area contributed by atoms with E-state index in [9.17, 15) is 0 Å². The highest BCUT2D eigenvalue weighted by Crippen LogP contribution is 2.27. The van der Waals surface area contributed by atoms with Gasteiger partial charge in [0, 0.05) is 11.7 Å². The van der Waals surface area contributed by atoms with Gasteiger partial charge < -0.3 is 9.84 Å². The molecule has 3 aromatic rings. The van der Waals surface area contributed by atoms with E-state index in [-0.39, 0.29) is 12.4 Å². The Morgan fingerprint density at radius 1 is 1.17 bits per heavy atom. The van der Waals surface area contributed by atoms with Gasteiger partial charge in [0.05, 0.1) is 11.8 Å². The lowest BCUT2D eigenvalue weighted by atomic mass is 9.96. The second-order valence-electron chi connectivity index (χ2n) is 6.50. The van der Waals surface area contributed by atoms with E-state index in [1.54, 1.807) is 12.5 Å². The first-order chi connectivity index (χ1) is 11.2. The fourth-order valence-electron chi connectivity index (χ4n) is 3.48. The van der Waals surface area contributed by atoms with Crippen LogP contribution in [0.2, 0.25) is 0 Å². The van der Waals surface area contributed by atoms with Crippen LogP contribution in [-0.2, 0) is 0 Å². The van der Waals surface area contributed by atoms with Crippen molar-refractivity contribution in [2.24, 2.45) is 0 Å². The standard InChI is InChI=1S/C18H22N4O.ClH/c1-12-10-13(2)19-18-16(12)20-17(14-8-9-23-11-14)22(18)21-15-6-4-3-5-7-15;/h8-11,15,21H,3-7H2,1-2H3;1H. The van der Waals surface area contributed by atoms with Crippen molar-refractivity contribution in [3.63, 3.8) is 0 Å². The van der Waals surface area contributed by atoms with Crippen molar-refractivity contribution in [1.82, 2.24) is 14.6 Å². The Labute approximate surface area is 147 Å². The Hall–Kier alpha value is -2.01. The van der Waals surface area contributed by atoms with Gasteiger partial charge >= 0.3 is 0 Å². The summed E-state index contributed by atoms with van der Waals surface area (Å²) in [4.78, 5) is 9.58. The van der Waals surface area contributed by atoms with Gasteiger partial charge in [-0.3, -0.25) is 0 Å². The lowest BCUT2D eigenvalue weighted by molar-refractivity contribution is 0.440. The lowest BCUT2D eigenvalue weighted by Crippen LogP contribution is -2.30. The van der Waals surface area contributed by atoms with Gasteiger partial charge in [0.25, 0.3) is 0 Å². The number of pyridine rings is 1. The van der Waals surface area contributed by atoms with Crippen molar-refractivity contribution in [3.8, 4) is 11.4 Å². The number of nitrogens with one attached hydrogen (secondary N) is 1. The molecule has 0 amide bonds. The highest BCUT2D eigenvalue weighted by molar-refractivity contribution is 5.85. The van der Waals surface area contributed by atoms with Crippen LogP contribution in [0.25, 0.3) is 22.6 Å². The minimum Gasteiger partial charge on any atom is -0.472 e. The van der Waals surface area contributed by atoms with E-state index in [1.165, 1.54) is 32.1 Å². The summed E-state index contributed by atoms with van der Waals surface area (Å²) in [5, 5.41) is 0. The van der Waals surface area contributed by atoms with Crippen molar-refractivity contribution in [2.45, 2.75) is 52.0 Å². The van der Waals surface area contributed by atoms with Crippen LogP contribution in [0.4, 0.5) is 0 Å². The topological polar surface area (TPSA) is 55.9 Å². The average molecular weight is 347 g/mol. The predicted octanol–water partition coefficient (Wildman–Crippen LogP) is 4.61. The van der Waals surface area contributed by atoms with Gasteiger partial charge in [0.2, 0.25) is 0 Å². The number of halogens is 1. The Balaban J connectivity index is 0.00000169. The van der Waals surface area contributed by atoms with E-state index in [0.29, 0.717) is 6.04 Å². The Morgan fingerprint density at radius 2 is 1.96 bits per heavy atom. The van der Waals surface area contributed by atoms with Crippen LogP contribution >= 0.6 is 12.4 Å². The first kappa shape index (κ1) is 16.8. The number of imidazole rings is 1. The van der Waals surface area contributed by atoms with Crippen molar-refractivity contribution < 1.29 is 4.42 Å². The van der Waals surface area contributed by atoms with Crippen LogP contribution in [0, 0.1) is 13.8 Å². The Bertz CT molecular complexity index is 819. The lowest BCUT2D eigenvalue weighted by Gasteiger charge is -2.25. The summed E-state index contributed by atoms with van der Waals surface area (Å²) in [5.41, 5.74) is 8.67. The summed E-state index contributed by atoms with van der Waals surface area (Å²) < 4.78 is 7.33. The number of hydrogen-bond donors (Lipinski definition) is 1. The monoisotopic (exact) mass is 346 g/mol. The number of aromatic nitrogens is 3. The fraction of sp³-hybridized carbons (Fsp3) is 0.444. The van der Waals surface area contributed by atoms with Gasteiger partial charge in [0.15, 0.2) is 11.5 Å². The molecule has 24 heavy (non-hydrogen) atoms. The molecule has 1 aliphatic carbocycles. The molecule has 0 unspecified atom stereocenters. The molecule has 0 aromatic carbocycles. The zero-order chi connectivity index (χ0) is 15.8. The summed E-state index contributed by atoms with van der Waals surface area (Å²) in [6.07, 6.45) is 9.75. The number of furan rings is 1. The van der Waals surface area contributed by atoms with E-state index in [2.05, 4.69) is 23.1 Å². The number of rotatable bonds is 3. The molecular formula is C18H23ClN4O. The predicted molar refractivity (Wildman–Crippen MR) is 98.2 cm³/mol. The van der Waals surface area contributed by atoms with Crippen LogP contribution in [-0.4, -0.2) is 20.7 Å². The SMILES string of the molecule is Cc1cc(C)c2nc(-c3ccoc3)n(NC3CCCCC3)c2n1.Cl. The van der Waals surface area contributed by atoms with Crippen molar-refractivity contribution in [2.75, 3.05) is 5.43 Å². The van der Waals surface area contributed by atoms with Crippen LogP contribution in [0.1, 0.15) is 43.4 Å². The summed E-state index contributed by atoms with van der Waals surface area (Å²) in [7, 11) is 0. The van der Waals surface area contributed by atoms with Crippen LogP contribution in [0.15, 0.2) is 29.1 Å². The summed E-state index contributed by atoms with van der Waals surface area (Å²) in [5.74, 6) is 0.875. The van der Waals surface area contributed by atoms with Gasteiger partial charge in [-0.2, -0.15) is 0 Å². The molecule has 0 atom stereocenters. The fourth-order valence-corrected chi connectivity index (χ4v) is 3.48. The molecule has 1 fully saturated rings. The van der Waals surface area contributed by atoms with E-state index in [1.807, 2.05) is 13.0 Å². The van der Waals surface area contributed by atoms with Gasteiger partial charge in [0.1, 0.15) is 11.8 Å². The molecule has 1 aliphatic rings. The molecule has 0 spiro atoms. The van der Waals surface area contributed by atoms with E-state index < -0.39 is 0 Å². The van der Waals surface area contributed by atoms with Crippen molar-refractivity contribution in [1.29, 1.82) is 0 Å². The largest absolute Gasteiger partial charge is 0.472 e. The van der Waals surface area contributed by atoms with E-state index in [4.69, 9.17) is 14.4 Å². The zero-order valence-electron chi connectivity index (χ0n) is 14.1. The highest BCUT2D eigenvalue weighted by atomic mass is 35.5. The molecule has 1 saturated carbocycles. The third-order valence-electron chi connectivity index (χ3n) is 4.63. The average Bonchev–Trinajstić information content (AvgIpc) is 3.17. The maximum atomic E-state index is 5.26. The van der Waals surface area contributed by atoms with E-state index >= 15 is 0 Å². The number of hydrogen-bond acceptors (Lipinski definition) is 4. The van der Waals surface area contributed by atoms with Crippen molar-refractivity contribution in [3.05, 3.63) is 35.9 Å². The minimum absolute atomic E-state index is 0. The molecule has 0 bridgehead atoms. The molecule has 128 valence electrons. The van der Waals surface area contributed by atoms with Gasteiger partial charge in [-0.15, -0.1) is 12.4 Å². The smallest absolute Gasteiger partial charge is 0.179 e.